The van der Waals surface area contributed by atoms with Gasteiger partial charge < -0.3 is 10.2 Å². The van der Waals surface area contributed by atoms with Gasteiger partial charge in [0.2, 0.25) is 11.8 Å². The first kappa shape index (κ1) is 12.6. The maximum Gasteiger partial charge on any atom is 0.233 e. The van der Waals surface area contributed by atoms with Gasteiger partial charge in [0.1, 0.15) is 0 Å². The van der Waals surface area contributed by atoms with Gasteiger partial charge in [0, 0.05) is 5.92 Å². The second-order valence-electron chi connectivity index (χ2n) is 5.04. The molecule has 0 amide bonds. The normalized spacial score (nSPS) is 20.8. The molecule has 17 heavy (non-hydrogen) atoms. The number of aromatic nitrogens is 2. The van der Waals surface area contributed by atoms with E-state index in [1.165, 1.54) is 44.9 Å². The Hall–Kier alpha value is -0.900. The first-order valence-corrected chi connectivity index (χ1v) is 6.90. The van der Waals surface area contributed by atoms with Gasteiger partial charge in [-0.25, -0.2) is 0 Å². The van der Waals surface area contributed by atoms with Gasteiger partial charge in [-0.3, -0.25) is 0 Å². The van der Waals surface area contributed by atoms with Crippen molar-refractivity contribution >= 4 is 0 Å². The van der Waals surface area contributed by atoms with Crippen molar-refractivity contribution in [3.63, 3.8) is 0 Å². The average molecular weight is 237 g/mol. The lowest BCUT2D eigenvalue weighted by Gasteiger charge is -2.15. The van der Waals surface area contributed by atoms with Crippen LogP contribution in [0.15, 0.2) is 4.42 Å². The second-order valence-corrected chi connectivity index (χ2v) is 5.04. The molecule has 4 heteroatoms. The van der Waals surface area contributed by atoms with E-state index in [9.17, 15) is 0 Å². The molecule has 96 valence electrons. The summed E-state index contributed by atoms with van der Waals surface area (Å²) in [7, 11) is 0. The highest BCUT2D eigenvalue weighted by Crippen LogP contribution is 2.30. The van der Waals surface area contributed by atoms with E-state index in [4.69, 9.17) is 10.2 Å². The van der Waals surface area contributed by atoms with Crippen LogP contribution in [0.4, 0.5) is 0 Å². The molecule has 0 radical (unpaired) electrons. The molecule has 1 saturated carbocycles. The molecule has 1 aromatic rings. The molecule has 1 unspecified atom stereocenters. The Morgan fingerprint density at radius 2 is 1.82 bits per heavy atom. The van der Waals surface area contributed by atoms with Crippen molar-refractivity contribution < 1.29 is 4.42 Å². The Balaban J connectivity index is 2.01. The van der Waals surface area contributed by atoms with Gasteiger partial charge in [0.05, 0.1) is 6.04 Å². The zero-order valence-electron chi connectivity index (χ0n) is 10.7. The average Bonchev–Trinajstić information content (AvgIpc) is 2.77. The van der Waals surface area contributed by atoms with Crippen LogP contribution in [0.2, 0.25) is 0 Å². The number of nitrogens with zero attached hydrogens (tertiary/aromatic N) is 2. The van der Waals surface area contributed by atoms with E-state index in [1.807, 2.05) is 6.92 Å². The molecule has 0 spiro atoms. The van der Waals surface area contributed by atoms with Crippen molar-refractivity contribution in [2.24, 2.45) is 5.73 Å². The molecule has 4 nitrogen and oxygen atoms in total. The van der Waals surface area contributed by atoms with Gasteiger partial charge in [-0.15, -0.1) is 10.2 Å². The maximum absolute atomic E-state index is 5.90. The van der Waals surface area contributed by atoms with Crippen molar-refractivity contribution in [3.05, 3.63) is 11.8 Å². The van der Waals surface area contributed by atoms with E-state index < -0.39 is 0 Å². The summed E-state index contributed by atoms with van der Waals surface area (Å²) in [6.07, 6.45) is 9.82. The summed E-state index contributed by atoms with van der Waals surface area (Å²) in [4.78, 5) is 0. The number of rotatable bonds is 3. The van der Waals surface area contributed by atoms with Crippen molar-refractivity contribution in [2.45, 2.75) is 70.3 Å². The Morgan fingerprint density at radius 3 is 2.47 bits per heavy atom. The van der Waals surface area contributed by atoms with Crippen LogP contribution in [0.1, 0.15) is 82.0 Å². The summed E-state index contributed by atoms with van der Waals surface area (Å²) < 4.78 is 5.72. The molecule has 1 atom stereocenters. The molecular weight excluding hydrogens is 214 g/mol. The number of hydrogen-bond donors (Lipinski definition) is 1. The summed E-state index contributed by atoms with van der Waals surface area (Å²) in [5, 5.41) is 8.26. The minimum atomic E-state index is -0.107. The van der Waals surface area contributed by atoms with E-state index in [0.717, 1.165) is 12.3 Å². The van der Waals surface area contributed by atoms with Gasteiger partial charge in [-0.05, 0) is 19.3 Å². The van der Waals surface area contributed by atoms with Crippen LogP contribution in [-0.2, 0) is 0 Å². The predicted octanol–water partition coefficient (Wildman–Crippen LogP) is 3.31. The Labute approximate surface area is 103 Å². The molecule has 0 aliphatic heterocycles. The third-order valence-corrected chi connectivity index (χ3v) is 3.67. The van der Waals surface area contributed by atoms with Crippen molar-refractivity contribution in [1.29, 1.82) is 0 Å². The third kappa shape index (κ3) is 3.28. The summed E-state index contributed by atoms with van der Waals surface area (Å²) in [5.74, 6) is 1.87. The van der Waals surface area contributed by atoms with E-state index in [2.05, 4.69) is 10.2 Å². The topological polar surface area (TPSA) is 64.9 Å². The van der Waals surface area contributed by atoms with Gasteiger partial charge in [0.15, 0.2) is 0 Å². The minimum Gasteiger partial charge on any atom is -0.423 e. The van der Waals surface area contributed by atoms with Gasteiger partial charge in [0.25, 0.3) is 0 Å². The van der Waals surface area contributed by atoms with E-state index in [0.29, 0.717) is 11.8 Å². The van der Waals surface area contributed by atoms with Gasteiger partial charge in [-0.2, -0.15) is 0 Å². The van der Waals surface area contributed by atoms with Crippen LogP contribution in [0, 0.1) is 0 Å². The van der Waals surface area contributed by atoms with E-state index >= 15 is 0 Å². The summed E-state index contributed by atoms with van der Waals surface area (Å²) in [5.41, 5.74) is 5.90. The second kappa shape index (κ2) is 6.15. The van der Waals surface area contributed by atoms with Crippen molar-refractivity contribution in [2.75, 3.05) is 0 Å². The van der Waals surface area contributed by atoms with Crippen molar-refractivity contribution in [3.8, 4) is 0 Å². The zero-order valence-corrected chi connectivity index (χ0v) is 10.7. The van der Waals surface area contributed by atoms with Crippen LogP contribution in [0.3, 0.4) is 0 Å². The molecule has 0 aromatic carbocycles. The molecule has 1 heterocycles. The summed E-state index contributed by atoms with van der Waals surface area (Å²) in [6, 6.07) is -0.107. The summed E-state index contributed by atoms with van der Waals surface area (Å²) in [6.45, 7) is 2.03. The highest BCUT2D eigenvalue weighted by molar-refractivity contribution is 4.94. The monoisotopic (exact) mass is 237 g/mol. The Kier molecular flexibility index (Phi) is 4.54. The van der Waals surface area contributed by atoms with E-state index in [1.54, 1.807) is 0 Å². The number of nitrogens with two attached hydrogens (primary N) is 1. The first-order chi connectivity index (χ1) is 8.31. The molecule has 1 fully saturated rings. The Morgan fingerprint density at radius 1 is 1.18 bits per heavy atom. The van der Waals surface area contributed by atoms with Gasteiger partial charge in [-0.1, -0.05) is 39.0 Å². The Bertz CT molecular complexity index is 329. The highest BCUT2D eigenvalue weighted by Gasteiger charge is 2.21. The smallest absolute Gasteiger partial charge is 0.233 e. The lowest BCUT2D eigenvalue weighted by atomic mass is 9.91. The standard InChI is InChI=1S/C13H23N3O/c1-2-11(14)13-16-15-12(17-13)10-8-6-4-3-5-7-9-10/h10-11H,2-9,14H2,1H3. The van der Waals surface area contributed by atoms with Crippen LogP contribution in [0.25, 0.3) is 0 Å². The van der Waals surface area contributed by atoms with E-state index in [-0.39, 0.29) is 6.04 Å². The SMILES string of the molecule is CCC(N)c1nnc(C2CCCCCCC2)o1. The molecule has 2 rings (SSSR count). The molecule has 1 aliphatic rings. The van der Waals surface area contributed by atoms with Gasteiger partial charge >= 0.3 is 0 Å². The number of hydrogen-bond acceptors (Lipinski definition) is 4. The minimum absolute atomic E-state index is 0.107. The molecule has 0 bridgehead atoms. The van der Waals surface area contributed by atoms with Crippen molar-refractivity contribution in [1.82, 2.24) is 10.2 Å². The lowest BCUT2D eigenvalue weighted by molar-refractivity contribution is 0.350. The molecule has 1 aromatic heterocycles. The maximum atomic E-state index is 5.90. The first-order valence-electron chi connectivity index (χ1n) is 6.90. The molecular formula is C13H23N3O. The third-order valence-electron chi connectivity index (χ3n) is 3.67. The lowest BCUT2D eigenvalue weighted by Crippen LogP contribution is -2.08. The quantitative estimate of drug-likeness (QED) is 0.876. The summed E-state index contributed by atoms with van der Waals surface area (Å²) >= 11 is 0. The fraction of sp³-hybridized carbons (Fsp3) is 0.846. The molecule has 0 saturated heterocycles. The predicted molar refractivity (Wildman–Crippen MR) is 66.6 cm³/mol. The van der Waals surface area contributed by atoms with Crippen LogP contribution < -0.4 is 5.73 Å². The van der Waals surface area contributed by atoms with Crippen LogP contribution >= 0.6 is 0 Å². The largest absolute Gasteiger partial charge is 0.423 e. The molecule has 2 N–H and O–H groups in total. The van der Waals surface area contributed by atoms with Crippen LogP contribution in [0.5, 0.6) is 0 Å². The van der Waals surface area contributed by atoms with Crippen LogP contribution in [-0.4, -0.2) is 10.2 Å². The molecule has 1 aliphatic carbocycles. The fourth-order valence-corrected chi connectivity index (χ4v) is 2.44. The highest BCUT2D eigenvalue weighted by atomic mass is 16.4. The fourth-order valence-electron chi connectivity index (χ4n) is 2.44. The zero-order chi connectivity index (χ0) is 12.1.